The number of amides is 1. The van der Waals surface area contributed by atoms with Gasteiger partial charge in [0.25, 0.3) is 5.89 Å². The maximum absolute atomic E-state index is 14.1. The Morgan fingerprint density at radius 3 is 2.72 bits per heavy atom. The van der Waals surface area contributed by atoms with E-state index in [4.69, 9.17) is 10.3 Å². The lowest BCUT2D eigenvalue weighted by Crippen LogP contribution is -2.44. The van der Waals surface area contributed by atoms with E-state index >= 15 is 0 Å². The second kappa shape index (κ2) is 8.40. The van der Waals surface area contributed by atoms with Gasteiger partial charge in [-0.3, -0.25) is 9.69 Å². The van der Waals surface area contributed by atoms with Crippen LogP contribution in [-0.2, 0) is 10.3 Å². The van der Waals surface area contributed by atoms with Gasteiger partial charge in [-0.1, -0.05) is 17.3 Å². The van der Waals surface area contributed by atoms with Crippen LogP contribution in [0.4, 0.5) is 15.2 Å². The van der Waals surface area contributed by atoms with Crippen LogP contribution in [0.5, 0.6) is 0 Å². The number of hydrogen-bond acceptors (Lipinski definition) is 7. The molecule has 152 valence electrons. The lowest BCUT2D eigenvalue weighted by atomic mass is 9.77. The number of carbonyl (C=O) groups is 1. The number of hydrogen-bond donors (Lipinski definition) is 1. The minimum atomic E-state index is -0.491. The molecule has 0 unspecified atom stereocenters. The maximum Gasteiger partial charge on any atom is 0.250 e. The predicted molar refractivity (Wildman–Crippen MR) is 112 cm³/mol. The molecular formula is C19H19ClFN5O2S. The smallest absolute Gasteiger partial charge is 0.250 e. The standard InChI is InChI=1S/C19H18FN5O2S.ClH/c1-12(26)25(15-6-3-2-5-14(15)20)18-22-13(11-28-18)7-8-16-23-17(24-27-16)19(21)9-4-10-19;/h2-3,5-8,11H,4,9-10,21H2,1H3;1H/b8-7+;. The van der Waals surface area contributed by atoms with Gasteiger partial charge in [-0.2, -0.15) is 4.98 Å². The van der Waals surface area contributed by atoms with E-state index in [0.717, 1.165) is 19.3 Å². The number of halogens is 2. The Morgan fingerprint density at radius 2 is 2.07 bits per heavy atom. The minimum Gasteiger partial charge on any atom is -0.335 e. The monoisotopic (exact) mass is 435 g/mol. The van der Waals surface area contributed by atoms with E-state index < -0.39 is 11.4 Å². The van der Waals surface area contributed by atoms with Gasteiger partial charge < -0.3 is 10.3 Å². The summed E-state index contributed by atoms with van der Waals surface area (Å²) in [5.74, 6) is 0.0267. The Hall–Kier alpha value is -2.62. The molecule has 2 heterocycles. The summed E-state index contributed by atoms with van der Waals surface area (Å²) in [4.78, 5) is 22.0. The third kappa shape index (κ3) is 4.21. The molecule has 7 nitrogen and oxygen atoms in total. The van der Waals surface area contributed by atoms with Gasteiger partial charge >= 0.3 is 0 Å². The van der Waals surface area contributed by atoms with E-state index in [1.165, 1.54) is 35.3 Å². The molecule has 1 saturated carbocycles. The minimum absolute atomic E-state index is 0. The lowest BCUT2D eigenvalue weighted by molar-refractivity contribution is -0.115. The topological polar surface area (TPSA) is 98.1 Å². The first-order valence-electron chi connectivity index (χ1n) is 8.78. The van der Waals surface area contributed by atoms with Gasteiger partial charge in [0.1, 0.15) is 5.82 Å². The molecular weight excluding hydrogens is 417 g/mol. The molecule has 0 aliphatic heterocycles. The SMILES string of the molecule is CC(=O)N(c1nc(/C=C/c2nc(C3(N)CCC3)no2)cs1)c1ccccc1F.Cl. The van der Waals surface area contributed by atoms with Crippen molar-refractivity contribution in [2.75, 3.05) is 4.90 Å². The number of thiazole rings is 1. The lowest BCUT2D eigenvalue weighted by Gasteiger charge is -2.34. The van der Waals surface area contributed by atoms with Gasteiger partial charge in [-0.05, 0) is 37.5 Å². The molecule has 29 heavy (non-hydrogen) atoms. The van der Waals surface area contributed by atoms with Gasteiger partial charge in [0.2, 0.25) is 5.91 Å². The van der Waals surface area contributed by atoms with Crippen LogP contribution < -0.4 is 10.6 Å². The van der Waals surface area contributed by atoms with E-state index in [1.807, 2.05) is 0 Å². The number of nitrogens with two attached hydrogens (primary N) is 1. The van der Waals surface area contributed by atoms with Gasteiger partial charge in [-0.25, -0.2) is 9.37 Å². The number of benzene rings is 1. The number of anilines is 2. The molecule has 0 saturated heterocycles. The molecule has 4 rings (SSSR count). The molecule has 1 aromatic carbocycles. The first-order chi connectivity index (χ1) is 13.5. The third-order valence-electron chi connectivity index (χ3n) is 4.64. The quantitative estimate of drug-likeness (QED) is 0.642. The fourth-order valence-corrected chi connectivity index (χ4v) is 3.79. The Kier molecular flexibility index (Phi) is 6.11. The zero-order valence-electron chi connectivity index (χ0n) is 15.5. The van der Waals surface area contributed by atoms with Crippen molar-refractivity contribution in [2.24, 2.45) is 5.73 Å². The van der Waals surface area contributed by atoms with Crippen molar-refractivity contribution in [1.82, 2.24) is 15.1 Å². The summed E-state index contributed by atoms with van der Waals surface area (Å²) in [5.41, 5.74) is 6.46. The molecule has 2 N–H and O–H groups in total. The van der Waals surface area contributed by atoms with Crippen LogP contribution in [0.2, 0.25) is 0 Å². The molecule has 0 atom stereocenters. The van der Waals surface area contributed by atoms with Crippen LogP contribution in [0.3, 0.4) is 0 Å². The van der Waals surface area contributed by atoms with Crippen molar-refractivity contribution in [3.63, 3.8) is 0 Å². The zero-order valence-corrected chi connectivity index (χ0v) is 17.2. The molecule has 0 radical (unpaired) electrons. The summed E-state index contributed by atoms with van der Waals surface area (Å²) in [6.45, 7) is 1.37. The number of rotatable bonds is 5. The second-order valence-corrected chi connectivity index (χ2v) is 7.50. The Labute approximate surface area is 176 Å². The fraction of sp³-hybridized carbons (Fsp3) is 0.263. The summed E-state index contributed by atoms with van der Waals surface area (Å²) >= 11 is 1.24. The van der Waals surface area contributed by atoms with Crippen molar-refractivity contribution in [3.8, 4) is 0 Å². The highest BCUT2D eigenvalue weighted by atomic mass is 35.5. The van der Waals surface area contributed by atoms with E-state index in [-0.39, 0.29) is 24.0 Å². The molecule has 2 aromatic heterocycles. The molecule has 1 fully saturated rings. The highest BCUT2D eigenvalue weighted by Crippen LogP contribution is 2.37. The van der Waals surface area contributed by atoms with Crippen molar-refractivity contribution >= 4 is 52.6 Å². The van der Waals surface area contributed by atoms with Crippen LogP contribution in [0.1, 0.15) is 43.6 Å². The van der Waals surface area contributed by atoms with Crippen molar-refractivity contribution in [2.45, 2.75) is 31.7 Å². The second-order valence-electron chi connectivity index (χ2n) is 6.66. The van der Waals surface area contributed by atoms with Crippen molar-refractivity contribution in [1.29, 1.82) is 0 Å². The summed E-state index contributed by atoms with van der Waals surface area (Å²) < 4.78 is 19.3. The predicted octanol–water partition coefficient (Wildman–Crippen LogP) is 4.28. The molecule has 3 aromatic rings. The Balaban J connectivity index is 0.00000240. The molecule has 1 amide bonds. The zero-order chi connectivity index (χ0) is 19.7. The molecule has 1 aliphatic rings. The number of para-hydroxylation sites is 1. The van der Waals surface area contributed by atoms with E-state index in [0.29, 0.717) is 22.5 Å². The van der Waals surface area contributed by atoms with Crippen molar-refractivity contribution < 1.29 is 13.7 Å². The van der Waals surface area contributed by atoms with Crippen LogP contribution in [0, 0.1) is 5.82 Å². The fourth-order valence-electron chi connectivity index (χ4n) is 2.94. The average molecular weight is 436 g/mol. The summed E-state index contributed by atoms with van der Waals surface area (Å²) in [5, 5.41) is 6.09. The largest absolute Gasteiger partial charge is 0.335 e. The van der Waals surface area contributed by atoms with Gasteiger partial charge in [0.15, 0.2) is 11.0 Å². The first kappa shape index (κ1) is 21.1. The summed E-state index contributed by atoms with van der Waals surface area (Å²) in [6.07, 6.45) is 6.09. The summed E-state index contributed by atoms with van der Waals surface area (Å²) in [6, 6.07) is 6.08. The van der Waals surface area contributed by atoms with Crippen LogP contribution in [-0.4, -0.2) is 21.0 Å². The van der Waals surface area contributed by atoms with Crippen LogP contribution in [0.15, 0.2) is 34.2 Å². The highest BCUT2D eigenvalue weighted by molar-refractivity contribution is 7.14. The van der Waals surface area contributed by atoms with Crippen molar-refractivity contribution in [3.05, 3.63) is 52.9 Å². The van der Waals surface area contributed by atoms with E-state index in [9.17, 15) is 9.18 Å². The highest BCUT2D eigenvalue weighted by Gasteiger charge is 2.38. The Bertz CT molecular complexity index is 1050. The van der Waals surface area contributed by atoms with Gasteiger partial charge in [0.05, 0.1) is 16.9 Å². The molecule has 1 aliphatic carbocycles. The Morgan fingerprint density at radius 1 is 1.31 bits per heavy atom. The van der Waals surface area contributed by atoms with Gasteiger partial charge in [0, 0.05) is 18.4 Å². The average Bonchev–Trinajstić information content (AvgIpc) is 3.29. The third-order valence-corrected chi connectivity index (χ3v) is 5.48. The van der Waals surface area contributed by atoms with Gasteiger partial charge in [-0.15, -0.1) is 23.7 Å². The first-order valence-corrected chi connectivity index (χ1v) is 9.66. The summed E-state index contributed by atoms with van der Waals surface area (Å²) in [7, 11) is 0. The molecule has 10 heteroatoms. The van der Waals surface area contributed by atoms with Crippen LogP contribution in [0.25, 0.3) is 12.2 Å². The number of nitrogens with zero attached hydrogens (tertiary/aromatic N) is 4. The van der Waals surface area contributed by atoms with E-state index in [1.54, 1.807) is 29.7 Å². The maximum atomic E-state index is 14.1. The number of aromatic nitrogens is 3. The number of carbonyl (C=O) groups excluding carboxylic acids is 1. The normalized spacial score (nSPS) is 15.0. The van der Waals surface area contributed by atoms with E-state index in [2.05, 4.69) is 15.1 Å². The van der Waals surface area contributed by atoms with Crippen LogP contribution >= 0.6 is 23.7 Å². The molecule has 0 spiro atoms. The molecule has 0 bridgehead atoms.